The van der Waals surface area contributed by atoms with Crippen LogP contribution in [0.1, 0.15) is 33.1 Å². The SMILES string of the molecule is CSCCC(NC(=O)C(CO)NC(=O)C(N)CC(N)=O)C(=O)NC(CC(C)C)C(=O)O. The van der Waals surface area contributed by atoms with E-state index in [0.717, 1.165) is 0 Å². The molecule has 0 spiro atoms. The highest BCUT2D eigenvalue weighted by Gasteiger charge is 2.30. The van der Waals surface area contributed by atoms with Gasteiger partial charge in [-0.2, -0.15) is 11.8 Å². The second-order valence-corrected chi connectivity index (χ2v) is 8.38. The number of carbonyl (C=O) groups is 5. The molecule has 12 nitrogen and oxygen atoms in total. The number of primary amides is 1. The van der Waals surface area contributed by atoms with Crippen molar-refractivity contribution in [2.24, 2.45) is 17.4 Å². The van der Waals surface area contributed by atoms with Gasteiger partial charge in [0.15, 0.2) is 0 Å². The van der Waals surface area contributed by atoms with Crippen LogP contribution in [0.5, 0.6) is 0 Å². The van der Waals surface area contributed by atoms with Gasteiger partial charge in [-0.15, -0.1) is 0 Å². The van der Waals surface area contributed by atoms with Crippen molar-refractivity contribution in [3.05, 3.63) is 0 Å². The summed E-state index contributed by atoms with van der Waals surface area (Å²) in [5.41, 5.74) is 10.5. The summed E-state index contributed by atoms with van der Waals surface area (Å²) in [6.07, 6.45) is 1.75. The molecule has 4 unspecified atom stereocenters. The minimum absolute atomic E-state index is 0.0132. The zero-order valence-electron chi connectivity index (χ0n) is 17.9. The van der Waals surface area contributed by atoms with Gasteiger partial charge in [0, 0.05) is 0 Å². The van der Waals surface area contributed by atoms with Crippen molar-refractivity contribution in [2.75, 3.05) is 18.6 Å². The molecule has 0 aromatic rings. The minimum Gasteiger partial charge on any atom is -0.480 e. The first-order valence-electron chi connectivity index (χ1n) is 9.70. The Morgan fingerprint density at radius 3 is 1.90 bits per heavy atom. The molecular formula is C18H33N5O7S. The molecule has 0 radical (unpaired) electrons. The predicted octanol–water partition coefficient (Wildman–Crippen LogP) is -2.48. The maximum absolute atomic E-state index is 12.6. The molecule has 13 heteroatoms. The van der Waals surface area contributed by atoms with Gasteiger partial charge >= 0.3 is 5.97 Å². The predicted molar refractivity (Wildman–Crippen MR) is 115 cm³/mol. The second kappa shape index (κ2) is 14.6. The van der Waals surface area contributed by atoms with Crippen LogP contribution in [0.3, 0.4) is 0 Å². The number of rotatable bonds is 15. The Morgan fingerprint density at radius 1 is 0.935 bits per heavy atom. The van der Waals surface area contributed by atoms with E-state index >= 15 is 0 Å². The lowest BCUT2D eigenvalue weighted by atomic mass is 10.0. The molecule has 0 saturated carbocycles. The minimum atomic E-state index is -1.43. The van der Waals surface area contributed by atoms with E-state index in [9.17, 15) is 34.2 Å². The first-order chi connectivity index (χ1) is 14.4. The first-order valence-corrected chi connectivity index (χ1v) is 11.1. The van der Waals surface area contributed by atoms with Crippen LogP contribution in [0, 0.1) is 5.92 Å². The lowest BCUT2D eigenvalue weighted by Gasteiger charge is -2.24. The Kier molecular flexibility index (Phi) is 13.5. The van der Waals surface area contributed by atoms with Crippen LogP contribution in [0.4, 0.5) is 0 Å². The molecule has 0 rings (SSSR count). The van der Waals surface area contributed by atoms with E-state index in [-0.39, 0.29) is 18.8 Å². The van der Waals surface area contributed by atoms with Crippen LogP contribution in [0.2, 0.25) is 0 Å². The Hall–Kier alpha value is -2.38. The number of carboxylic acids is 1. The molecule has 0 aliphatic rings. The molecule has 0 saturated heterocycles. The molecule has 31 heavy (non-hydrogen) atoms. The third-order valence-corrected chi connectivity index (χ3v) is 4.78. The normalized spacial score (nSPS) is 14.8. The molecule has 4 amide bonds. The molecule has 0 aliphatic carbocycles. The second-order valence-electron chi connectivity index (χ2n) is 7.39. The van der Waals surface area contributed by atoms with E-state index in [2.05, 4.69) is 16.0 Å². The number of hydrogen-bond acceptors (Lipinski definition) is 8. The number of nitrogens with one attached hydrogen (secondary N) is 3. The highest BCUT2D eigenvalue weighted by Crippen LogP contribution is 2.07. The van der Waals surface area contributed by atoms with Crippen LogP contribution in [-0.2, 0) is 24.0 Å². The average Bonchev–Trinajstić information content (AvgIpc) is 2.67. The van der Waals surface area contributed by atoms with Gasteiger partial charge in [0.1, 0.15) is 18.1 Å². The maximum atomic E-state index is 12.6. The van der Waals surface area contributed by atoms with Gasteiger partial charge in [-0.05, 0) is 30.8 Å². The summed E-state index contributed by atoms with van der Waals surface area (Å²) < 4.78 is 0. The van der Waals surface area contributed by atoms with Crippen molar-refractivity contribution in [3.8, 4) is 0 Å². The number of carbonyl (C=O) groups excluding carboxylic acids is 4. The number of thioether (sulfide) groups is 1. The summed E-state index contributed by atoms with van der Waals surface area (Å²) in [5, 5.41) is 25.8. The number of aliphatic hydroxyl groups is 1. The highest BCUT2D eigenvalue weighted by atomic mass is 32.2. The monoisotopic (exact) mass is 463 g/mol. The van der Waals surface area contributed by atoms with Crippen molar-refractivity contribution in [1.82, 2.24) is 16.0 Å². The lowest BCUT2D eigenvalue weighted by molar-refractivity contribution is -0.142. The third-order valence-electron chi connectivity index (χ3n) is 4.14. The van der Waals surface area contributed by atoms with Crippen molar-refractivity contribution in [3.63, 3.8) is 0 Å². The van der Waals surface area contributed by atoms with Crippen molar-refractivity contribution in [2.45, 2.75) is 57.3 Å². The topological polar surface area (TPSA) is 214 Å². The summed E-state index contributed by atoms with van der Waals surface area (Å²) >= 11 is 1.42. The maximum Gasteiger partial charge on any atom is 0.326 e. The molecule has 4 atom stereocenters. The molecule has 0 fully saturated rings. The fraction of sp³-hybridized carbons (Fsp3) is 0.722. The van der Waals surface area contributed by atoms with E-state index in [4.69, 9.17) is 11.5 Å². The van der Waals surface area contributed by atoms with Gasteiger partial charge in [0.2, 0.25) is 23.6 Å². The van der Waals surface area contributed by atoms with E-state index in [1.165, 1.54) is 11.8 Å². The van der Waals surface area contributed by atoms with E-state index in [0.29, 0.717) is 5.75 Å². The van der Waals surface area contributed by atoms with Crippen molar-refractivity contribution < 1.29 is 34.2 Å². The summed E-state index contributed by atoms with van der Waals surface area (Å²) in [6, 6.07) is -4.94. The Bertz CT molecular complexity index is 647. The van der Waals surface area contributed by atoms with Crippen LogP contribution >= 0.6 is 11.8 Å². The zero-order chi connectivity index (χ0) is 24.1. The Morgan fingerprint density at radius 2 is 1.45 bits per heavy atom. The number of aliphatic carboxylic acids is 1. The molecule has 0 aliphatic heterocycles. The van der Waals surface area contributed by atoms with Gasteiger partial charge in [0.25, 0.3) is 0 Å². The third kappa shape index (κ3) is 11.5. The summed E-state index contributed by atoms with van der Waals surface area (Å²) in [6.45, 7) is 2.84. The van der Waals surface area contributed by atoms with Crippen LogP contribution in [0.15, 0.2) is 0 Å². The van der Waals surface area contributed by atoms with Crippen molar-refractivity contribution >= 4 is 41.4 Å². The van der Waals surface area contributed by atoms with E-state index in [1.54, 1.807) is 6.26 Å². The van der Waals surface area contributed by atoms with Gasteiger partial charge < -0.3 is 37.6 Å². The summed E-state index contributed by atoms with van der Waals surface area (Å²) in [5.74, 6) is -3.93. The number of hydrogen-bond donors (Lipinski definition) is 7. The number of carboxylic acid groups (broad SMARTS) is 1. The summed E-state index contributed by atoms with van der Waals surface area (Å²) in [7, 11) is 0. The fourth-order valence-corrected chi connectivity index (χ4v) is 3.00. The van der Waals surface area contributed by atoms with Crippen LogP contribution < -0.4 is 27.4 Å². The fourth-order valence-electron chi connectivity index (χ4n) is 2.52. The molecule has 0 aromatic heterocycles. The molecule has 0 bridgehead atoms. The van der Waals surface area contributed by atoms with Gasteiger partial charge in [-0.1, -0.05) is 13.8 Å². The molecular weight excluding hydrogens is 430 g/mol. The smallest absolute Gasteiger partial charge is 0.326 e. The number of amides is 4. The summed E-state index contributed by atoms with van der Waals surface area (Å²) in [4.78, 5) is 59.4. The van der Waals surface area contributed by atoms with Crippen LogP contribution in [0.25, 0.3) is 0 Å². The largest absolute Gasteiger partial charge is 0.480 e. The Labute approximate surface area is 185 Å². The zero-order valence-corrected chi connectivity index (χ0v) is 18.7. The van der Waals surface area contributed by atoms with Crippen molar-refractivity contribution in [1.29, 1.82) is 0 Å². The molecule has 178 valence electrons. The highest BCUT2D eigenvalue weighted by molar-refractivity contribution is 7.98. The quantitative estimate of drug-likeness (QED) is 0.137. The number of aliphatic hydroxyl groups excluding tert-OH is 1. The van der Waals surface area contributed by atoms with Crippen LogP contribution in [-0.4, -0.2) is 82.6 Å². The van der Waals surface area contributed by atoms with Gasteiger partial charge in [-0.25, -0.2) is 4.79 Å². The standard InChI is InChI=1S/C18H33N5O7S/c1-9(2)6-12(18(29)30)22-16(27)11(4-5-31-3)21-17(28)13(8-24)23-15(26)10(19)7-14(20)25/h9-13,24H,4-8,19H2,1-3H3,(H2,20,25)(H,21,28)(H,22,27)(H,23,26)(H,29,30). The average molecular weight is 464 g/mol. The molecule has 9 N–H and O–H groups in total. The number of nitrogens with two attached hydrogens (primary N) is 2. The lowest BCUT2D eigenvalue weighted by Crippen LogP contribution is -2.58. The van der Waals surface area contributed by atoms with Gasteiger partial charge in [-0.3, -0.25) is 19.2 Å². The van der Waals surface area contributed by atoms with Gasteiger partial charge in [0.05, 0.1) is 19.1 Å². The molecule has 0 aromatic carbocycles. The van der Waals surface area contributed by atoms with E-state index < -0.39 is 66.8 Å². The van der Waals surface area contributed by atoms with E-state index in [1.807, 2.05) is 13.8 Å². The Balaban J connectivity index is 5.22. The first kappa shape index (κ1) is 28.6. The molecule has 0 heterocycles.